The summed E-state index contributed by atoms with van der Waals surface area (Å²) >= 11 is 1.69. The lowest BCUT2D eigenvalue weighted by molar-refractivity contribution is 0.186. The normalized spacial score (nSPS) is 15.6. The number of benzene rings is 1. The van der Waals surface area contributed by atoms with Crippen LogP contribution in [0.3, 0.4) is 0 Å². The zero-order valence-electron chi connectivity index (χ0n) is 15.9. The van der Waals surface area contributed by atoms with Crippen molar-refractivity contribution in [3.05, 3.63) is 42.6 Å². The minimum absolute atomic E-state index is 0.606. The van der Waals surface area contributed by atoms with E-state index in [0.29, 0.717) is 5.82 Å². The van der Waals surface area contributed by atoms with Crippen molar-refractivity contribution in [3.63, 3.8) is 0 Å². The molecule has 0 spiro atoms. The fraction of sp³-hybridized carbons (Fsp3) is 0.350. The predicted octanol–water partition coefficient (Wildman–Crippen LogP) is 3.54. The van der Waals surface area contributed by atoms with E-state index in [-0.39, 0.29) is 0 Å². The maximum Gasteiger partial charge on any atom is 0.185 e. The Morgan fingerprint density at radius 2 is 2.00 bits per heavy atom. The number of aromatic nitrogens is 5. The smallest absolute Gasteiger partial charge is 0.185 e. The van der Waals surface area contributed by atoms with Gasteiger partial charge in [-0.1, -0.05) is 11.3 Å². The van der Waals surface area contributed by atoms with Crippen LogP contribution >= 0.6 is 11.3 Å². The van der Waals surface area contributed by atoms with E-state index in [2.05, 4.69) is 30.5 Å². The Kier molecular flexibility index (Phi) is 4.17. The molecule has 5 rings (SSSR count). The van der Waals surface area contributed by atoms with E-state index < -0.39 is 6.10 Å². The zero-order chi connectivity index (χ0) is 19.3. The third-order valence-electron chi connectivity index (χ3n) is 5.28. The molecule has 1 unspecified atom stereocenters. The van der Waals surface area contributed by atoms with Crippen molar-refractivity contribution in [1.29, 1.82) is 0 Å². The van der Waals surface area contributed by atoms with Crippen LogP contribution in [0, 0.1) is 0 Å². The molecule has 1 fully saturated rings. The average Bonchev–Trinajstić information content (AvgIpc) is 3.46. The molecule has 1 saturated heterocycles. The van der Waals surface area contributed by atoms with Crippen LogP contribution in [0.4, 0.5) is 5.13 Å². The van der Waals surface area contributed by atoms with Crippen molar-refractivity contribution in [3.8, 4) is 16.4 Å². The Morgan fingerprint density at radius 1 is 1.18 bits per heavy atom. The molecule has 0 amide bonds. The first kappa shape index (κ1) is 17.4. The number of hydrogen-bond donors (Lipinski definition) is 1. The van der Waals surface area contributed by atoms with E-state index in [9.17, 15) is 5.11 Å². The second-order valence-electron chi connectivity index (χ2n) is 7.20. The summed E-state index contributed by atoms with van der Waals surface area (Å²) < 4.78 is 4.00. The molecule has 144 valence electrons. The third kappa shape index (κ3) is 2.80. The first-order valence-electron chi connectivity index (χ1n) is 9.51. The van der Waals surface area contributed by atoms with E-state index >= 15 is 0 Å². The van der Waals surface area contributed by atoms with Crippen molar-refractivity contribution in [2.75, 3.05) is 18.0 Å². The number of imidazole rings is 2. The van der Waals surface area contributed by atoms with E-state index in [4.69, 9.17) is 0 Å². The highest BCUT2D eigenvalue weighted by Crippen LogP contribution is 2.33. The van der Waals surface area contributed by atoms with Gasteiger partial charge in [0.25, 0.3) is 0 Å². The molecule has 4 aromatic rings. The number of fused-ring (bicyclic) bond motifs is 1. The van der Waals surface area contributed by atoms with Crippen molar-refractivity contribution in [1.82, 2.24) is 24.1 Å². The molecule has 1 aromatic carbocycles. The van der Waals surface area contributed by atoms with Crippen molar-refractivity contribution in [2.45, 2.75) is 25.9 Å². The minimum atomic E-state index is -0.606. The second kappa shape index (κ2) is 6.72. The number of aliphatic hydroxyl groups is 1. The van der Waals surface area contributed by atoms with Crippen LogP contribution in [0.2, 0.25) is 0 Å². The monoisotopic (exact) mass is 394 g/mol. The van der Waals surface area contributed by atoms with Gasteiger partial charge in [0.1, 0.15) is 11.9 Å². The molecule has 1 aliphatic rings. The van der Waals surface area contributed by atoms with Crippen LogP contribution in [-0.2, 0) is 7.05 Å². The number of aryl methyl sites for hydroxylation is 1. The third-order valence-corrected chi connectivity index (χ3v) is 6.34. The Bertz CT molecular complexity index is 1130. The molecule has 1 N–H and O–H groups in total. The summed E-state index contributed by atoms with van der Waals surface area (Å²) in [5.74, 6) is 1.55. The van der Waals surface area contributed by atoms with Gasteiger partial charge in [0, 0.05) is 38.2 Å². The number of aliphatic hydroxyl groups excluding tert-OH is 1. The molecule has 1 atom stereocenters. The molecular weight excluding hydrogens is 372 g/mol. The molecule has 4 heterocycles. The van der Waals surface area contributed by atoms with Gasteiger partial charge in [-0.2, -0.15) is 0 Å². The van der Waals surface area contributed by atoms with E-state index in [1.165, 1.54) is 12.8 Å². The van der Waals surface area contributed by atoms with Crippen LogP contribution in [0.1, 0.15) is 31.7 Å². The Balaban J connectivity index is 1.54. The van der Waals surface area contributed by atoms with Gasteiger partial charge in [-0.05, 0) is 38.0 Å². The van der Waals surface area contributed by atoms with Crippen molar-refractivity contribution in [2.24, 2.45) is 7.05 Å². The number of thiazole rings is 1. The largest absolute Gasteiger partial charge is 0.385 e. The predicted molar refractivity (Wildman–Crippen MR) is 111 cm³/mol. The number of anilines is 1. The summed E-state index contributed by atoms with van der Waals surface area (Å²) in [7, 11) is 1.93. The van der Waals surface area contributed by atoms with Gasteiger partial charge in [0.15, 0.2) is 11.0 Å². The quantitative estimate of drug-likeness (QED) is 0.573. The first-order chi connectivity index (χ1) is 13.6. The minimum Gasteiger partial charge on any atom is -0.385 e. The zero-order valence-corrected chi connectivity index (χ0v) is 16.7. The molecular formula is C20H22N6OS. The SMILES string of the molecule is CC(O)c1nc2cc(-n3ccnc3-c3cnc(N4CCCC4)s3)ccc2n1C. The molecule has 3 aromatic heterocycles. The molecule has 0 aliphatic carbocycles. The summed E-state index contributed by atoms with van der Waals surface area (Å²) in [4.78, 5) is 17.2. The van der Waals surface area contributed by atoms with E-state index in [1.807, 2.05) is 42.3 Å². The topological polar surface area (TPSA) is 72.0 Å². The fourth-order valence-electron chi connectivity index (χ4n) is 3.85. The van der Waals surface area contributed by atoms with Gasteiger partial charge in [-0.3, -0.25) is 4.57 Å². The van der Waals surface area contributed by atoms with Gasteiger partial charge in [-0.25, -0.2) is 15.0 Å². The van der Waals surface area contributed by atoms with Gasteiger partial charge >= 0.3 is 0 Å². The van der Waals surface area contributed by atoms with Gasteiger partial charge in [-0.15, -0.1) is 0 Å². The lowest BCUT2D eigenvalue weighted by Crippen LogP contribution is -2.16. The molecule has 0 bridgehead atoms. The summed E-state index contributed by atoms with van der Waals surface area (Å²) in [5.41, 5.74) is 2.85. The molecule has 0 radical (unpaired) electrons. The van der Waals surface area contributed by atoms with Crippen LogP contribution in [0.25, 0.3) is 27.4 Å². The summed E-state index contributed by atoms with van der Waals surface area (Å²) in [6.07, 6.45) is 7.57. The number of rotatable bonds is 4. The highest BCUT2D eigenvalue weighted by Gasteiger charge is 2.19. The van der Waals surface area contributed by atoms with Crippen LogP contribution in [0.15, 0.2) is 36.8 Å². The lowest BCUT2D eigenvalue weighted by atomic mass is 10.2. The standard InChI is InChI=1S/C20H22N6OS/c1-13(27)18-23-15-11-14(5-6-16(15)24(18)2)26-10-7-21-19(26)17-12-22-20(28-17)25-8-3-4-9-25/h5-7,10-13,27H,3-4,8-9H2,1-2H3. The number of hydrogen-bond acceptors (Lipinski definition) is 6. The van der Waals surface area contributed by atoms with Crippen molar-refractivity contribution < 1.29 is 5.11 Å². The van der Waals surface area contributed by atoms with E-state index in [0.717, 1.165) is 45.6 Å². The summed E-state index contributed by atoms with van der Waals surface area (Å²) in [6, 6.07) is 6.13. The Labute approximate surface area is 166 Å². The second-order valence-corrected chi connectivity index (χ2v) is 8.21. The first-order valence-corrected chi connectivity index (χ1v) is 10.3. The maximum atomic E-state index is 9.94. The van der Waals surface area contributed by atoms with E-state index in [1.54, 1.807) is 18.3 Å². The fourth-order valence-corrected chi connectivity index (χ4v) is 4.81. The molecule has 7 nitrogen and oxygen atoms in total. The highest BCUT2D eigenvalue weighted by atomic mass is 32.1. The van der Waals surface area contributed by atoms with Crippen LogP contribution < -0.4 is 4.90 Å². The summed E-state index contributed by atoms with van der Waals surface area (Å²) in [5, 5.41) is 11.0. The Hall–Kier alpha value is -2.71. The molecule has 1 aliphatic heterocycles. The summed E-state index contributed by atoms with van der Waals surface area (Å²) in [6.45, 7) is 3.91. The lowest BCUT2D eigenvalue weighted by Gasteiger charge is -2.12. The van der Waals surface area contributed by atoms with Crippen molar-refractivity contribution >= 4 is 27.5 Å². The highest BCUT2D eigenvalue weighted by molar-refractivity contribution is 7.18. The van der Waals surface area contributed by atoms with Crippen LogP contribution in [0.5, 0.6) is 0 Å². The average molecular weight is 395 g/mol. The molecule has 8 heteroatoms. The Morgan fingerprint density at radius 3 is 2.79 bits per heavy atom. The molecule has 28 heavy (non-hydrogen) atoms. The maximum absolute atomic E-state index is 9.94. The molecule has 0 saturated carbocycles. The van der Waals surface area contributed by atoms with Crippen LogP contribution in [-0.4, -0.2) is 42.3 Å². The van der Waals surface area contributed by atoms with Gasteiger partial charge in [0.05, 0.1) is 22.1 Å². The number of nitrogens with zero attached hydrogens (tertiary/aromatic N) is 6. The van der Waals surface area contributed by atoms with Gasteiger partial charge in [0.2, 0.25) is 0 Å². The van der Waals surface area contributed by atoms with Gasteiger partial charge < -0.3 is 14.6 Å².